The van der Waals surface area contributed by atoms with Gasteiger partial charge in [-0.3, -0.25) is 4.79 Å². The monoisotopic (exact) mass is 417 g/mol. The van der Waals surface area contributed by atoms with Gasteiger partial charge in [0.05, 0.1) is 22.6 Å². The highest BCUT2D eigenvalue weighted by Crippen LogP contribution is 2.45. The molecule has 8 heteroatoms. The van der Waals surface area contributed by atoms with Gasteiger partial charge in [0.1, 0.15) is 24.0 Å². The molecule has 144 valence electrons. The second-order valence-electron chi connectivity index (χ2n) is 6.30. The first kappa shape index (κ1) is 18.6. The molecule has 3 aromatic carbocycles. The van der Waals surface area contributed by atoms with Crippen molar-refractivity contribution >= 4 is 38.3 Å². The van der Waals surface area contributed by atoms with E-state index in [0.29, 0.717) is 27.5 Å². The minimum absolute atomic E-state index is 0.0215. The van der Waals surface area contributed by atoms with E-state index < -0.39 is 21.8 Å². The van der Waals surface area contributed by atoms with Crippen LogP contribution in [0, 0.1) is 0 Å². The molecule has 1 atom stereocenters. The lowest BCUT2D eigenvalue weighted by atomic mass is 10.00. The summed E-state index contributed by atoms with van der Waals surface area (Å²) < 4.78 is 38.8. The van der Waals surface area contributed by atoms with Crippen LogP contribution in [0.1, 0.15) is 11.5 Å². The molecule has 0 saturated heterocycles. The summed E-state index contributed by atoms with van der Waals surface area (Å²) in [5.74, 6) is -0.802. The number of halogens is 1. The molecule has 3 aromatic rings. The van der Waals surface area contributed by atoms with E-state index in [1.54, 1.807) is 30.3 Å². The van der Waals surface area contributed by atoms with E-state index in [1.165, 1.54) is 13.2 Å². The Morgan fingerprint density at radius 1 is 1.14 bits per heavy atom. The van der Waals surface area contributed by atoms with E-state index in [2.05, 4.69) is 4.72 Å². The first-order chi connectivity index (χ1) is 13.4. The van der Waals surface area contributed by atoms with Crippen molar-refractivity contribution in [3.8, 4) is 11.5 Å². The molecule has 0 radical (unpaired) electrons. The van der Waals surface area contributed by atoms with Gasteiger partial charge in [-0.1, -0.05) is 48.0 Å². The van der Waals surface area contributed by atoms with Gasteiger partial charge in [-0.05, 0) is 23.6 Å². The maximum Gasteiger partial charge on any atom is 0.264 e. The van der Waals surface area contributed by atoms with Crippen LogP contribution in [0.4, 0.5) is 0 Å². The number of rotatable bonds is 4. The van der Waals surface area contributed by atoms with E-state index in [0.717, 1.165) is 5.39 Å². The lowest BCUT2D eigenvalue weighted by molar-refractivity contribution is -0.121. The van der Waals surface area contributed by atoms with Gasteiger partial charge in [0, 0.05) is 5.39 Å². The van der Waals surface area contributed by atoms with Crippen molar-refractivity contribution < 1.29 is 22.7 Å². The molecule has 6 nitrogen and oxygen atoms in total. The molecule has 1 aliphatic rings. The summed E-state index contributed by atoms with van der Waals surface area (Å²) in [4.78, 5) is 12.9. The molecule has 0 unspecified atom stereocenters. The van der Waals surface area contributed by atoms with E-state index in [1.807, 2.05) is 18.2 Å². The summed E-state index contributed by atoms with van der Waals surface area (Å²) in [5.41, 5.74) is 0.445. The average molecular weight is 418 g/mol. The van der Waals surface area contributed by atoms with Gasteiger partial charge in [0.25, 0.3) is 10.0 Å². The van der Waals surface area contributed by atoms with Gasteiger partial charge in [-0.25, -0.2) is 13.1 Å². The number of carbonyl (C=O) groups is 1. The number of sulfonamides is 1. The topological polar surface area (TPSA) is 81.7 Å². The zero-order valence-electron chi connectivity index (χ0n) is 14.8. The first-order valence-corrected chi connectivity index (χ1v) is 10.3. The van der Waals surface area contributed by atoms with Crippen molar-refractivity contribution in [3.63, 3.8) is 0 Å². The second-order valence-corrected chi connectivity index (χ2v) is 8.36. The molecule has 0 spiro atoms. The van der Waals surface area contributed by atoms with Gasteiger partial charge in [-0.2, -0.15) is 0 Å². The summed E-state index contributed by atoms with van der Waals surface area (Å²) in [6, 6.07) is 15.2. The van der Waals surface area contributed by atoms with Crippen molar-refractivity contribution in [2.75, 3.05) is 13.7 Å². The predicted molar refractivity (Wildman–Crippen MR) is 106 cm³/mol. The molecule has 0 bridgehead atoms. The fourth-order valence-corrected chi connectivity index (χ4v) is 4.82. The van der Waals surface area contributed by atoms with E-state index in [-0.39, 0.29) is 11.5 Å². The van der Waals surface area contributed by atoms with E-state index in [9.17, 15) is 13.2 Å². The number of hydrogen-bond donors (Lipinski definition) is 1. The maximum atomic E-state index is 12.9. The summed E-state index contributed by atoms with van der Waals surface area (Å²) in [6.07, 6.45) is 0. The highest BCUT2D eigenvalue weighted by molar-refractivity contribution is 7.90. The molecule has 0 aliphatic carbocycles. The van der Waals surface area contributed by atoms with E-state index in [4.69, 9.17) is 21.1 Å². The van der Waals surface area contributed by atoms with Crippen LogP contribution in [0.3, 0.4) is 0 Å². The number of ether oxygens (including phenoxy) is 2. The van der Waals surface area contributed by atoms with Crippen molar-refractivity contribution in [2.24, 2.45) is 0 Å². The summed E-state index contributed by atoms with van der Waals surface area (Å²) in [6.45, 7) is -0.0215. The quantitative estimate of drug-likeness (QED) is 0.702. The van der Waals surface area contributed by atoms with Gasteiger partial charge < -0.3 is 9.47 Å². The standard InChI is InChI=1S/C20H16ClNO5S/c1-26-16-10-9-15(21)19-18(16)14(11-27-19)20(23)22-28(24,25)17-8-4-6-12-5-2-3-7-13(12)17/h2-10,14H,11H2,1H3,(H,22,23)/t14-/m1/s1. The molecule has 1 heterocycles. The Labute approximate surface area is 167 Å². The van der Waals surface area contributed by atoms with Crippen LogP contribution in [-0.2, 0) is 14.8 Å². The fourth-order valence-electron chi connectivity index (χ4n) is 3.35. The normalized spacial score (nSPS) is 15.7. The van der Waals surface area contributed by atoms with Gasteiger partial charge in [-0.15, -0.1) is 0 Å². The minimum Gasteiger partial charge on any atom is -0.496 e. The van der Waals surface area contributed by atoms with Gasteiger partial charge in [0.2, 0.25) is 5.91 Å². The second kappa shape index (κ2) is 7.00. The lowest BCUT2D eigenvalue weighted by Crippen LogP contribution is -2.35. The van der Waals surface area contributed by atoms with Crippen molar-refractivity contribution in [1.29, 1.82) is 0 Å². The highest BCUT2D eigenvalue weighted by atomic mass is 35.5. The lowest BCUT2D eigenvalue weighted by Gasteiger charge is -2.14. The van der Waals surface area contributed by atoms with E-state index >= 15 is 0 Å². The number of nitrogens with one attached hydrogen (secondary N) is 1. The largest absolute Gasteiger partial charge is 0.496 e. The average Bonchev–Trinajstić information content (AvgIpc) is 3.14. The smallest absolute Gasteiger partial charge is 0.264 e. The molecule has 0 saturated carbocycles. The van der Waals surface area contributed by atoms with Crippen LogP contribution in [0.5, 0.6) is 11.5 Å². The van der Waals surface area contributed by atoms with Crippen LogP contribution < -0.4 is 14.2 Å². The molecule has 4 rings (SSSR count). The maximum absolute atomic E-state index is 12.9. The summed E-state index contributed by atoms with van der Waals surface area (Å²) >= 11 is 6.13. The Morgan fingerprint density at radius 2 is 1.89 bits per heavy atom. The molecular formula is C20H16ClNO5S. The SMILES string of the molecule is COc1ccc(Cl)c2c1[C@H](C(=O)NS(=O)(=O)c1cccc3ccccc13)CO2. The van der Waals surface area contributed by atoms with Gasteiger partial charge >= 0.3 is 0 Å². The van der Waals surface area contributed by atoms with Crippen LogP contribution in [0.25, 0.3) is 10.8 Å². The molecule has 0 aromatic heterocycles. The molecule has 1 amide bonds. The third kappa shape index (κ3) is 3.06. The molecular weight excluding hydrogens is 402 g/mol. The summed E-state index contributed by atoms with van der Waals surface area (Å²) in [7, 11) is -2.62. The predicted octanol–water partition coefficient (Wildman–Crippen LogP) is 3.48. The highest BCUT2D eigenvalue weighted by Gasteiger charge is 2.37. The van der Waals surface area contributed by atoms with Crippen LogP contribution in [0.15, 0.2) is 59.5 Å². The van der Waals surface area contributed by atoms with Gasteiger partial charge in [0.15, 0.2) is 0 Å². The Balaban J connectivity index is 1.70. The Kier molecular flexibility index (Phi) is 4.64. The minimum atomic E-state index is -4.08. The van der Waals surface area contributed by atoms with Crippen LogP contribution >= 0.6 is 11.6 Å². The number of hydrogen-bond acceptors (Lipinski definition) is 5. The number of amides is 1. The number of carbonyl (C=O) groups excluding carboxylic acids is 1. The molecule has 28 heavy (non-hydrogen) atoms. The van der Waals surface area contributed by atoms with Crippen molar-refractivity contribution in [1.82, 2.24) is 4.72 Å². The summed E-state index contributed by atoms with van der Waals surface area (Å²) in [5, 5.41) is 1.64. The Hall–Kier alpha value is -2.77. The Bertz CT molecular complexity index is 1190. The fraction of sp³-hybridized carbons (Fsp3) is 0.150. The number of fused-ring (bicyclic) bond motifs is 2. The van der Waals surface area contributed by atoms with Crippen LogP contribution in [-0.4, -0.2) is 28.0 Å². The zero-order chi connectivity index (χ0) is 19.9. The van der Waals surface area contributed by atoms with Crippen molar-refractivity contribution in [3.05, 3.63) is 65.2 Å². The first-order valence-electron chi connectivity index (χ1n) is 8.46. The molecule has 1 N–H and O–H groups in total. The molecule has 1 aliphatic heterocycles. The zero-order valence-corrected chi connectivity index (χ0v) is 16.4. The van der Waals surface area contributed by atoms with Crippen LogP contribution in [0.2, 0.25) is 5.02 Å². The third-order valence-electron chi connectivity index (χ3n) is 4.66. The number of benzene rings is 3. The van der Waals surface area contributed by atoms with Crippen molar-refractivity contribution in [2.45, 2.75) is 10.8 Å². The third-order valence-corrected chi connectivity index (χ3v) is 6.36. The molecule has 0 fully saturated rings. The number of methoxy groups -OCH3 is 1. The Morgan fingerprint density at radius 3 is 2.68 bits per heavy atom.